The number of benzene rings is 1. The zero-order chi connectivity index (χ0) is 8.55. The van der Waals surface area contributed by atoms with Crippen LogP contribution in [0, 0.1) is 6.92 Å². The highest BCUT2D eigenvalue weighted by Crippen LogP contribution is 2.24. The van der Waals surface area contributed by atoms with Crippen LogP contribution in [-0.2, 0) is 11.3 Å². The van der Waals surface area contributed by atoms with Crippen LogP contribution in [0.3, 0.4) is 0 Å². The minimum atomic E-state index is 0.626. The van der Waals surface area contributed by atoms with E-state index in [1.807, 2.05) is 0 Å². The summed E-state index contributed by atoms with van der Waals surface area (Å²) in [4.78, 5) is 0. The van der Waals surface area contributed by atoms with E-state index in [-0.39, 0.29) is 0 Å². The molecule has 0 amide bonds. The van der Waals surface area contributed by atoms with Crippen LogP contribution in [0.1, 0.15) is 11.1 Å². The standard InChI is InChI=1S/C10H11NO/c1-7-3-4-9-6-12-8(2)11-10(9)5-7/h3-5,11H,2,6H2,1H3. The largest absolute Gasteiger partial charge is 0.475 e. The van der Waals surface area contributed by atoms with Crippen LogP contribution in [-0.4, -0.2) is 0 Å². The number of rotatable bonds is 0. The molecule has 12 heavy (non-hydrogen) atoms. The van der Waals surface area contributed by atoms with Crippen LogP contribution in [0.15, 0.2) is 30.7 Å². The summed E-state index contributed by atoms with van der Waals surface area (Å²) in [6.45, 7) is 6.41. The van der Waals surface area contributed by atoms with E-state index in [4.69, 9.17) is 4.74 Å². The van der Waals surface area contributed by atoms with Gasteiger partial charge in [0.15, 0.2) is 5.88 Å². The molecule has 0 saturated heterocycles. The summed E-state index contributed by atoms with van der Waals surface area (Å²) in [7, 11) is 0. The number of nitrogens with one attached hydrogen (secondary N) is 1. The molecule has 0 radical (unpaired) electrons. The highest BCUT2D eigenvalue weighted by Gasteiger charge is 2.10. The third-order valence-electron chi connectivity index (χ3n) is 1.94. The van der Waals surface area contributed by atoms with Crippen molar-refractivity contribution < 1.29 is 4.74 Å². The zero-order valence-corrected chi connectivity index (χ0v) is 7.05. The topological polar surface area (TPSA) is 21.3 Å². The summed E-state index contributed by atoms with van der Waals surface area (Å²) in [6.07, 6.45) is 0. The summed E-state index contributed by atoms with van der Waals surface area (Å²) in [5.41, 5.74) is 3.55. The lowest BCUT2D eigenvalue weighted by Gasteiger charge is -2.20. The molecule has 2 rings (SSSR count). The molecule has 0 aliphatic carbocycles. The maximum atomic E-state index is 5.24. The molecule has 1 heterocycles. The molecule has 1 aliphatic rings. The summed E-state index contributed by atoms with van der Waals surface area (Å²) in [5.74, 6) is 0.633. The molecular weight excluding hydrogens is 150 g/mol. The van der Waals surface area contributed by atoms with E-state index < -0.39 is 0 Å². The van der Waals surface area contributed by atoms with Crippen molar-refractivity contribution in [2.75, 3.05) is 5.32 Å². The van der Waals surface area contributed by atoms with Gasteiger partial charge in [0.1, 0.15) is 6.61 Å². The van der Waals surface area contributed by atoms with Crippen LogP contribution in [0.25, 0.3) is 0 Å². The van der Waals surface area contributed by atoms with Crippen molar-refractivity contribution in [3.05, 3.63) is 41.8 Å². The SMILES string of the molecule is C=C1Nc2cc(C)ccc2CO1. The summed E-state index contributed by atoms with van der Waals surface area (Å²) in [5, 5.41) is 3.08. The lowest BCUT2D eigenvalue weighted by Crippen LogP contribution is -2.11. The minimum Gasteiger partial charge on any atom is -0.475 e. The Morgan fingerprint density at radius 1 is 1.50 bits per heavy atom. The Labute approximate surface area is 71.9 Å². The van der Waals surface area contributed by atoms with Gasteiger partial charge in [-0.1, -0.05) is 12.1 Å². The first-order valence-corrected chi connectivity index (χ1v) is 3.94. The Hall–Kier alpha value is -1.44. The van der Waals surface area contributed by atoms with E-state index in [1.54, 1.807) is 0 Å². The van der Waals surface area contributed by atoms with E-state index in [1.165, 1.54) is 11.1 Å². The van der Waals surface area contributed by atoms with Gasteiger partial charge in [0.2, 0.25) is 0 Å². The average Bonchev–Trinajstić information content (AvgIpc) is 2.03. The number of aryl methyl sites for hydroxylation is 1. The van der Waals surface area contributed by atoms with Crippen molar-refractivity contribution in [2.24, 2.45) is 0 Å². The smallest absolute Gasteiger partial charge is 0.184 e. The van der Waals surface area contributed by atoms with Gasteiger partial charge >= 0.3 is 0 Å². The fraction of sp³-hybridized carbons (Fsp3) is 0.200. The maximum Gasteiger partial charge on any atom is 0.184 e. The average molecular weight is 161 g/mol. The minimum absolute atomic E-state index is 0.626. The van der Waals surface area contributed by atoms with Crippen molar-refractivity contribution >= 4 is 5.69 Å². The van der Waals surface area contributed by atoms with Gasteiger partial charge in [-0.15, -0.1) is 0 Å². The fourth-order valence-electron chi connectivity index (χ4n) is 1.28. The molecule has 0 unspecified atom stereocenters. The molecule has 0 fully saturated rings. The Kier molecular flexibility index (Phi) is 1.54. The van der Waals surface area contributed by atoms with Crippen molar-refractivity contribution in [3.8, 4) is 0 Å². The fourth-order valence-corrected chi connectivity index (χ4v) is 1.28. The molecule has 0 saturated carbocycles. The number of anilines is 1. The first-order chi connectivity index (χ1) is 5.75. The Bertz CT molecular complexity index is 331. The molecule has 0 atom stereocenters. The predicted octanol–water partition coefficient (Wildman–Crippen LogP) is 2.41. The normalized spacial score (nSPS) is 14.6. The van der Waals surface area contributed by atoms with Crippen LogP contribution in [0.5, 0.6) is 0 Å². The number of hydrogen-bond donors (Lipinski definition) is 1. The van der Waals surface area contributed by atoms with Gasteiger partial charge in [0.05, 0.1) is 0 Å². The van der Waals surface area contributed by atoms with E-state index in [9.17, 15) is 0 Å². The van der Waals surface area contributed by atoms with Crippen LogP contribution < -0.4 is 5.32 Å². The monoisotopic (exact) mass is 161 g/mol. The molecule has 0 spiro atoms. The lowest BCUT2D eigenvalue weighted by atomic mass is 10.1. The molecular formula is C10H11NO. The van der Waals surface area contributed by atoms with Crippen molar-refractivity contribution in [1.82, 2.24) is 0 Å². The molecule has 0 bridgehead atoms. The number of fused-ring (bicyclic) bond motifs is 1. The van der Waals surface area contributed by atoms with Gasteiger partial charge in [0, 0.05) is 11.3 Å². The molecule has 2 heteroatoms. The van der Waals surface area contributed by atoms with Gasteiger partial charge in [-0.2, -0.15) is 0 Å². The van der Waals surface area contributed by atoms with Gasteiger partial charge in [-0.25, -0.2) is 0 Å². The molecule has 1 aliphatic heterocycles. The zero-order valence-electron chi connectivity index (χ0n) is 7.05. The van der Waals surface area contributed by atoms with Gasteiger partial charge in [-0.05, 0) is 25.1 Å². The third kappa shape index (κ3) is 1.16. The highest BCUT2D eigenvalue weighted by molar-refractivity contribution is 5.56. The molecule has 1 aromatic carbocycles. The molecule has 2 nitrogen and oxygen atoms in total. The second-order valence-corrected chi connectivity index (χ2v) is 3.00. The molecule has 1 aromatic rings. The van der Waals surface area contributed by atoms with Crippen molar-refractivity contribution in [1.29, 1.82) is 0 Å². The molecule has 62 valence electrons. The van der Waals surface area contributed by atoms with Crippen molar-refractivity contribution in [3.63, 3.8) is 0 Å². The van der Waals surface area contributed by atoms with E-state index in [0.717, 1.165) is 5.69 Å². The Morgan fingerprint density at radius 2 is 2.33 bits per heavy atom. The van der Waals surface area contributed by atoms with Crippen molar-refractivity contribution in [2.45, 2.75) is 13.5 Å². The van der Waals surface area contributed by atoms with Gasteiger partial charge < -0.3 is 10.1 Å². The van der Waals surface area contributed by atoms with E-state index in [2.05, 4.69) is 37.0 Å². The van der Waals surface area contributed by atoms with Gasteiger partial charge in [-0.3, -0.25) is 0 Å². The summed E-state index contributed by atoms with van der Waals surface area (Å²) >= 11 is 0. The second-order valence-electron chi connectivity index (χ2n) is 3.00. The van der Waals surface area contributed by atoms with Crippen LogP contribution in [0.2, 0.25) is 0 Å². The van der Waals surface area contributed by atoms with E-state index in [0.29, 0.717) is 12.5 Å². The highest BCUT2D eigenvalue weighted by atomic mass is 16.5. The molecule has 0 aromatic heterocycles. The summed E-state index contributed by atoms with van der Waals surface area (Å²) < 4.78 is 5.24. The Morgan fingerprint density at radius 3 is 3.17 bits per heavy atom. The lowest BCUT2D eigenvalue weighted by molar-refractivity contribution is 0.198. The van der Waals surface area contributed by atoms with Crippen LogP contribution >= 0.6 is 0 Å². The number of ether oxygens (including phenoxy) is 1. The van der Waals surface area contributed by atoms with E-state index >= 15 is 0 Å². The summed E-state index contributed by atoms with van der Waals surface area (Å²) in [6, 6.07) is 6.26. The Balaban J connectivity index is 2.44. The first kappa shape index (κ1) is 7.22. The van der Waals surface area contributed by atoms with Gasteiger partial charge in [0.25, 0.3) is 0 Å². The second kappa shape index (κ2) is 2.55. The van der Waals surface area contributed by atoms with Crippen LogP contribution in [0.4, 0.5) is 5.69 Å². The quantitative estimate of drug-likeness (QED) is 0.630. The molecule has 1 N–H and O–H groups in total. The third-order valence-corrected chi connectivity index (χ3v) is 1.94. The first-order valence-electron chi connectivity index (χ1n) is 3.94. The maximum absolute atomic E-state index is 5.24. The number of hydrogen-bond acceptors (Lipinski definition) is 2. The predicted molar refractivity (Wildman–Crippen MR) is 48.7 cm³/mol.